The summed E-state index contributed by atoms with van der Waals surface area (Å²) in [6.07, 6.45) is 5.90. The molecule has 0 amide bonds. The number of nitrogens with zero attached hydrogens (tertiary/aromatic N) is 2. The predicted octanol–water partition coefficient (Wildman–Crippen LogP) is 10.6. The van der Waals surface area contributed by atoms with Crippen molar-refractivity contribution in [2.24, 2.45) is 0 Å². The molecule has 3 nitrogen and oxygen atoms in total. The maximum atomic E-state index is 5.66. The smallest absolute Gasteiger partial charge is 0.119 e. The lowest BCUT2D eigenvalue weighted by atomic mass is 9.90. The van der Waals surface area contributed by atoms with Crippen LogP contribution < -0.4 is 4.74 Å². The number of fused-ring (bicyclic) bond motifs is 3. The first-order valence-corrected chi connectivity index (χ1v) is 14.7. The molecule has 2 heterocycles. The van der Waals surface area contributed by atoms with Crippen LogP contribution in [0.15, 0.2) is 85.3 Å². The van der Waals surface area contributed by atoms with Crippen molar-refractivity contribution in [3.05, 3.63) is 102 Å². The molecular weight excluding hydrogens is 500 g/mol. The summed E-state index contributed by atoms with van der Waals surface area (Å²) in [5.74, 6) is 2.07. The van der Waals surface area contributed by atoms with Crippen molar-refractivity contribution in [3.63, 3.8) is 0 Å². The van der Waals surface area contributed by atoms with E-state index in [2.05, 4.69) is 113 Å². The van der Waals surface area contributed by atoms with Crippen molar-refractivity contribution in [3.8, 4) is 28.0 Å². The van der Waals surface area contributed by atoms with Gasteiger partial charge in [-0.05, 0) is 116 Å². The van der Waals surface area contributed by atoms with Crippen LogP contribution in [-0.2, 0) is 0 Å². The largest absolute Gasteiger partial charge is 0.497 e. The fourth-order valence-electron chi connectivity index (χ4n) is 6.06. The van der Waals surface area contributed by atoms with Crippen molar-refractivity contribution in [2.45, 2.75) is 59.3 Å². The Morgan fingerprint density at radius 3 is 1.90 bits per heavy atom. The number of hydrogen-bond donors (Lipinski definition) is 0. The summed E-state index contributed by atoms with van der Waals surface area (Å²) in [5, 5.41) is 6.09. The third-order valence-corrected chi connectivity index (χ3v) is 8.33. The Hall–Kier alpha value is -4.24. The monoisotopic (exact) mass is 538 g/mol. The van der Waals surface area contributed by atoms with Gasteiger partial charge in [-0.15, -0.1) is 0 Å². The molecule has 0 spiro atoms. The zero-order valence-electron chi connectivity index (χ0n) is 25.1. The van der Waals surface area contributed by atoms with E-state index in [1.165, 1.54) is 60.3 Å². The molecule has 0 unspecified atom stereocenters. The summed E-state index contributed by atoms with van der Waals surface area (Å²) in [5.41, 5.74) is 9.71. The number of pyridine rings is 2. The van der Waals surface area contributed by atoms with E-state index in [-0.39, 0.29) is 0 Å². The van der Waals surface area contributed by atoms with Gasteiger partial charge in [0, 0.05) is 34.9 Å². The molecule has 0 atom stereocenters. The summed E-state index contributed by atoms with van der Waals surface area (Å²) in [4.78, 5) is 9.43. The summed E-state index contributed by atoms with van der Waals surface area (Å²) in [6.45, 7) is 13.5. The maximum Gasteiger partial charge on any atom is 0.119 e. The average Bonchev–Trinajstić information content (AvgIpc) is 2.98. The molecule has 2 aromatic heterocycles. The summed E-state index contributed by atoms with van der Waals surface area (Å²) in [6, 6.07) is 24.8. The van der Waals surface area contributed by atoms with E-state index in [1.807, 2.05) is 18.6 Å². The van der Waals surface area contributed by atoms with Gasteiger partial charge in [0.25, 0.3) is 0 Å². The Balaban J connectivity index is 1.53. The van der Waals surface area contributed by atoms with Crippen LogP contribution in [0, 0.1) is 0 Å². The number of rotatable bonds is 6. The lowest BCUT2D eigenvalue weighted by Gasteiger charge is -2.17. The quantitative estimate of drug-likeness (QED) is 0.211. The summed E-state index contributed by atoms with van der Waals surface area (Å²) < 4.78 is 5.66. The van der Waals surface area contributed by atoms with E-state index < -0.39 is 0 Å². The maximum absolute atomic E-state index is 5.66. The lowest BCUT2D eigenvalue weighted by molar-refractivity contribution is 0.414. The van der Waals surface area contributed by atoms with Crippen LogP contribution in [0.2, 0.25) is 0 Å². The van der Waals surface area contributed by atoms with Crippen molar-refractivity contribution >= 4 is 32.4 Å². The van der Waals surface area contributed by atoms with Gasteiger partial charge < -0.3 is 4.74 Å². The minimum absolute atomic E-state index is 0.351. The number of ether oxygens (including phenoxy) is 1. The first kappa shape index (κ1) is 27.0. The number of benzene rings is 4. The molecule has 0 aliphatic heterocycles. The minimum atomic E-state index is 0.351. The SMILES string of the molecule is COc1cc(C(C)C)c2ccc(-c3cc(C(C)C)c4ncc(-c5cc(C(C)C)c6cnccc6c5)cc4c3)cc2c1. The highest BCUT2D eigenvalue weighted by atomic mass is 16.5. The lowest BCUT2D eigenvalue weighted by Crippen LogP contribution is -1.96. The molecule has 0 radical (unpaired) electrons. The highest BCUT2D eigenvalue weighted by Gasteiger charge is 2.15. The zero-order chi connectivity index (χ0) is 28.8. The van der Waals surface area contributed by atoms with E-state index in [4.69, 9.17) is 9.72 Å². The van der Waals surface area contributed by atoms with Crippen molar-refractivity contribution in [2.75, 3.05) is 7.11 Å². The molecule has 0 aliphatic rings. The second kappa shape index (κ2) is 10.6. The highest BCUT2D eigenvalue weighted by Crippen LogP contribution is 2.38. The summed E-state index contributed by atoms with van der Waals surface area (Å²) in [7, 11) is 1.74. The predicted molar refractivity (Wildman–Crippen MR) is 174 cm³/mol. The third-order valence-electron chi connectivity index (χ3n) is 8.33. The third kappa shape index (κ3) is 4.95. The average molecular weight is 539 g/mol. The fraction of sp³-hybridized carbons (Fsp3) is 0.263. The molecule has 0 saturated heterocycles. The molecule has 0 N–H and O–H groups in total. The van der Waals surface area contributed by atoms with E-state index in [0.29, 0.717) is 17.8 Å². The Kier molecular flexibility index (Phi) is 6.99. The molecule has 0 bridgehead atoms. The molecule has 206 valence electrons. The van der Waals surface area contributed by atoms with Gasteiger partial charge in [0.05, 0.1) is 12.6 Å². The molecule has 4 aromatic carbocycles. The second-order valence-corrected chi connectivity index (χ2v) is 12.1. The van der Waals surface area contributed by atoms with Gasteiger partial charge >= 0.3 is 0 Å². The highest BCUT2D eigenvalue weighted by molar-refractivity contribution is 5.96. The fourth-order valence-corrected chi connectivity index (χ4v) is 6.06. The van der Waals surface area contributed by atoms with Crippen molar-refractivity contribution < 1.29 is 4.74 Å². The van der Waals surface area contributed by atoms with Crippen molar-refractivity contribution in [1.82, 2.24) is 9.97 Å². The number of methoxy groups -OCH3 is 1. The van der Waals surface area contributed by atoms with Gasteiger partial charge in [0.2, 0.25) is 0 Å². The molecule has 3 heteroatoms. The molecular formula is C38H38N2O. The van der Waals surface area contributed by atoms with E-state index in [1.54, 1.807) is 7.11 Å². The standard InChI is InChI=1S/C38H38N2O/c1-22(2)34-17-28(13-26-10-11-39-21-37(26)34)31-15-30-14-27(18-36(24(5)6)38(30)40-20-31)25-8-9-33-29(12-25)16-32(41-7)19-35(33)23(3)4/h8-24H,1-7H3. The van der Waals surface area contributed by atoms with Gasteiger partial charge in [0.1, 0.15) is 5.75 Å². The Labute approximate surface area is 243 Å². The van der Waals surface area contributed by atoms with Gasteiger partial charge in [-0.25, -0.2) is 0 Å². The van der Waals surface area contributed by atoms with Crippen LogP contribution in [-0.4, -0.2) is 17.1 Å². The molecule has 41 heavy (non-hydrogen) atoms. The topological polar surface area (TPSA) is 35.0 Å². The number of aromatic nitrogens is 2. The van der Waals surface area contributed by atoms with Gasteiger partial charge in [-0.1, -0.05) is 59.7 Å². The Morgan fingerprint density at radius 2 is 1.17 bits per heavy atom. The first-order chi connectivity index (χ1) is 19.7. The van der Waals surface area contributed by atoms with Gasteiger partial charge in [-0.2, -0.15) is 0 Å². The van der Waals surface area contributed by atoms with Crippen LogP contribution in [0.1, 0.15) is 76.0 Å². The molecule has 6 aromatic rings. The van der Waals surface area contributed by atoms with Gasteiger partial charge in [0.15, 0.2) is 0 Å². The van der Waals surface area contributed by atoms with Crippen LogP contribution >= 0.6 is 0 Å². The zero-order valence-corrected chi connectivity index (χ0v) is 25.1. The molecule has 0 fully saturated rings. The Bertz CT molecular complexity index is 1920. The Morgan fingerprint density at radius 1 is 0.537 bits per heavy atom. The van der Waals surface area contributed by atoms with Crippen LogP contribution in [0.25, 0.3) is 54.7 Å². The molecule has 0 aliphatic carbocycles. The molecule has 6 rings (SSSR count). The minimum Gasteiger partial charge on any atom is -0.497 e. The second-order valence-electron chi connectivity index (χ2n) is 12.1. The van der Waals surface area contributed by atoms with E-state index in [0.717, 1.165) is 16.8 Å². The number of hydrogen-bond acceptors (Lipinski definition) is 3. The van der Waals surface area contributed by atoms with Crippen LogP contribution in [0.3, 0.4) is 0 Å². The first-order valence-electron chi connectivity index (χ1n) is 14.7. The van der Waals surface area contributed by atoms with Crippen molar-refractivity contribution in [1.29, 1.82) is 0 Å². The normalized spacial score (nSPS) is 12.0. The van der Waals surface area contributed by atoms with E-state index in [9.17, 15) is 0 Å². The molecule has 0 saturated carbocycles. The summed E-state index contributed by atoms with van der Waals surface area (Å²) >= 11 is 0. The van der Waals surface area contributed by atoms with E-state index >= 15 is 0 Å². The van der Waals surface area contributed by atoms with Gasteiger partial charge in [-0.3, -0.25) is 9.97 Å². The van der Waals surface area contributed by atoms with Crippen LogP contribution in [0.5, 0.6) is 5.75 Å². The van der Waals surface area contributed by atoms with Crippen LogP contribution in [0.4, 0.5) is 0 Å².